The molecule has 5 aromatic carbocycles. The van der Waals surface area contributed by atoms with Crippen molar-refractivity contribution in [3.8, 4) is 0 Å². The van der Waals surface area contributed by atoms with Crippen molar-refractivity contribution in [3.05, 3.63) is 152 Å². The summed E-state index contributed by atoms with van der Waals surface area (Å²) >= 11 is 0. The van der Waals surface area contributed by atoms with Gasteiger partial charge in [0, 0.05) is 5.56 Å². The van der Waals surface area contributed by atoms with E-state index in [4.69, 9.17) is 0 Å². The van der Waals surface area contributed by atoms with Gasteiger partial charge in [-0.25, -0.2) is 87.8 Å². The normalized spacial score (nSPS) is 11.6. The molecule has 0 fully saturated rings. The minimum Gasteiger partial charge on any atom is -0.345 e. The summed E-state index contributed by atoms with van der Waals surface area (Å²) in [4.78, 5) is 0. The number of quaternary nitrogens is 1. The van der Waals surface area contributed by atoms with Gasteiger partial charge in [-0.3, -0.25) is 0 Å². The van der Waals surface area contributed by atoms with E-state index in [1.807, 2.05) is 6.07 Å². The fourth-order valence-electron chi connectivity index (χ4n) is 5.72. The highest BCUT2D eigenvalue weighted by atomic mass is 19.2. The maximum atomic E-state index is 15.4. The lowest BCUT2D eigenvalue weighted by atomic mass is 9.12. The zero-order valence-electron chi connectivity index (χ0n) is 25.8. The third-order valence-electron chi connectivity index (χ3n) is 7.99. The van der Waals surface area contributed by atoms with Gasteiger partial charge in [0.1, 0.15) is 59.2 Å². The van der Waals surface area contributed by atoms with E-state index in [2.05, 4.69) is 36.6 Å². The molecule has 0 amide bonds. The van der Waals surface area contributed by atoms with Gasteiger partial charge in [0.2, 0.25) is 0 Å². The summed E-state index contributed by atoms with van der Waals surface area (Å²) in [7, 11) is 2.08. The summed E-state index contributed by atoms with van der Waals surface area (Å²) in [6.07, 6.45) is -7.22. The van der Waals surface area contributed by atoms with Gasteiger partial charge in [-0.15, -0.1) is 21.9 Å². The second-order valence-corrected chi connectivity index (χ2v) is 10.9. The average Bonchev–Trinajstić information content (AvgIpc) is 3.15. The third kappa shape index (κ3) is 6.18. The molecule has 1 nitrogen and oxygen atoms in total. The molecule has 0 spiro atoms. The first kappa shape index (κ1) is 41.5. The summed E-state index contributed by atoms with van der Waals surface area (Å²) in [5.41, 5.74) is -12.9. The van der Waals surface area contributed by atoms with Gasteiger partial charge >= 0.3 is 0 Å². The molecule has 0 bridgehead atoms. The van der Waals surface area contributed by atoms with E-state index >= 15 is 35.1 Å². The second kappa shape index (κ2) is 15.2. The third-order valence-corrected chi connectivity index (χ3v) is 7.99. The van der Waals surface area contributed by atoms with Crippen LogP contribution in [0.5, 0.6) is 0 Å². The Morgan fingerprint density at radius 1 is 0.315 bits per heavy atom. The smallest absolute Gasteiger partial charge is 0.200 e. The molecule has 22 heteroatoms. The first-order chi connectivity index (χ1) is 25.1. The largest absolute Gasteiger partial charge is 0.345 e. The molecule has 0 saturated heterocycles. The monoisotopic (exact) mass is 801 g/mol. The van der Waals surface area contributed by atoms with Crippen LogP contribution < -0.4 is 27.2 Å². The molecule has 0 aliphatic heterocycles. The second-order valence-electron chi connectivity index (χ2n) is 10.9. The molecule has 54 heavy (non-hydrogen) atoms. The molecule has 0 aromatic heterocycles. The summed E-state index contributed by atoms with van der Waals surface area (Å²) in [6, 6.07) is 10.5. The van der Waals surface area contributed by atoms with E-state index in [0.717, 1.165) is 6.54 Å². The molecule has 0 aliphatic rings. The lowest BCUT2D eigenvalue weighted by molar-refractivity contribution is -0.643. The van der Waals surface area contributed by atoms with Gasteiger partial charge in [-0.1, -0.05) is 30.3 Å². The molecular formula is C32H12BF20N. The van der Waals surface area contributed by atoms with E-state index < -0.39 is 144 Å². The molecule has 0 saturated carbocycles. The van der Waals surface area contributed by atoms with Crippen molar-refractivity contribution in [2.24, 2.45) is 0 Å². The van der Waals surface area contributed by atoms with Crippen LogP contribution in [-0.2, 0) is 6.54 Å². The topological polar surface area (TPSA) is 16.6 Å². The minimum atomic E-state index is -7.22. The van der Waals surface area contributed by atoms with Crippen LogP contribution in [0.2, 0.25) is 0 Å². The first-order valence-corrected chi connectivity index (χ1v) is 14.2. The van der Waals surface area contributed by atoms with Crippen LogP contribution >= 0.6 is 0 Å². The maximum absolute atomic E-state index is 15.4. The van der Waals surface area contributed by atoms with Gasteiger partial charge in [-0.05, 0) is 0 Å². The Kier molecular flexibility index (Phi) is 11.7. The van der Waals surface area contributed by atoms with Gasteiger partial charge in [0.25, 0.3) is 0 Å². The summed E-state index contributed by atoms with van der Waals surface area (Å²) < 4.78 is 294. The van der Waals surface area contributed by atoms with Crippen molar-refractivity contribution in [2.75, 3.05) is 7.05 Å². The molecule has 5 aromatic rings. The first-order valence-electron chi connectivity index (χ1n) is 14.2. The van der Waals surface area contributed by atoms with Crippen LogP contribution in [-0.4, -0.2) is 13.2 Å². The van der Waals surface area contributed by atoms with Crippen LogP contribution in [0.15, 0.2) is 30.3 Å². The molecular weight excluding hydrogens is 789 g/mol. The Balaban J connectivity index is 0.000000631. The summed E-state index contributed by atoms with van der Waals surface area (Å²) in [5.74, 6) is -71.4. The van der Waals surface area contributed by atoms with E-state index in [-0.39, 0.29) is 0 Å². The van der Waals surface area contributed by atoms with E-state index in [0.29, 0.717) is 0 Å². The SMILES string of the molecule is C[NH2+]Cc1ccccc1.Fc1c(F)c(F)c([B-](c2c(F)c(F)c(F)c(F)c2F)(c2c(F)c(F)c(F)c(F)c2F)c2c(F)c(F)c(F)c(F)c2F)c(F)c1F. The summed E-state index contributed by atoms with van der Waals surface area (Å²) in [6.45, 7) is 1.08. The lowest BCUT2D eigenvalue weighted by Crippen LogP contribution is -2.81. The Morgan fingerprint density at radius 3 is 0.685 bits per heavy atom. The van der Waals surface area contributed by atoms with Gasteiger partial charge in [0.15, 0.2) is 69.8 Å². The van der Waals surface area contributed by atoms with E-state index in [9.17, 15) is 52.7 Å². The van der Waals surface area contributed by atoms with Crippen LogP contribution in [0, 0.1) is 116 Å². The number of hydrogen-bond donors (Lipinski definition) is 1. The van der Waals surface area contributed by atoms with Crippen LogP contribution in [0.4, 0.5) is 87.8 Å². The molecule has 0 heterocycles. The van der Waals surface area contributed by atoms with Crippen molar-refractivity contribution in [2.45, 2.75) is 6.54 Å². The average molecular weight is 801 g/mol. The molecule has 2 N–H and O–H groups in total. The lowest BCUT2D eigenvalue weighted by Gasteiger charge is -2.44. The van der Waals surface area contributed by atoms with Crippen LogP contribution in [0.25, 0.3) is 0 Å². The number of halogens is 20. The highest BCUT2D eigenvalue weighted by molar-refractivity contribution is 7.20. The molecule has 0 unspecified atom stereocenters. The van der Waals surface area contributed by atoms with Gasteiger partial charge in [0.05, 0.1) is 7.05 Å². The quantitative estimate of drug-likeness (QED) is 0.0910. The Labute approximate surface area is 287 Å². The highest BCUT2D eigenvalue weighted by Gasteiger charge is 2.52. The van der Waals surface area contributed by atoms with Crippen molar-refractivity contribution in [1.29, 1.82) is 0 Å². The molecule has 5 rings (SSSR count). The number of hydrogen-bond acceptors (Lipinski definition) is 0. The number of nitrogens with two attached hydrogens (primary N) is 1. The van der Waals surface area contributed by atoms with E-state index in [1.54, 1.807) is 0 Å². The molecule has 0 aliphatic carbocycles. The van der Waals surface area contributed by atoms with Crippen molar-refractivity contribution in [3.63, 3.8) is 0 Å². The predicted octanol–water partition coefficient (Wildman–Crippen LogP) is 6.23. The number of benzene rings is 5. The van der Waals surface area contributed by atoms with Crippen LogP contribution in [0.1, 0.15) is 5.56 Å². The van der Waals surface area contributed by atoms with Crippen LogP contribution in [0.3, 0.4) is 0 Å². The maximum Gasteiger partial charge on any atom is 0.200 e. The minimum absolute atomic E-state index is 1.08. The fraction of sp³-hybridized carbons (Fsp3) is 0.0625. The number of rotatable bonds is 6. The molecule has 0 radical (unpaired) electrons. The van der Waals surface area contributed by atoms with Gasteiger partial charge in [-0.2, -0.15) is 0 Å². The van der Waals surface area contributed by atoms with Crippen molar-refractivity contribution < 1.29 is 93.1 Å². The van der Waals surface area contributed by atoms with Gasteiger partial charge < -0.3 is 5.32 Å². The Bertz CT molecular complexity index is 1910. The molecule has 288 valence electrons. The predicted molar refractivity (Wildman–Crippen MR) is 147 cm³/mol. The highest BCUT2D eigenvalue weighted by Crippen LogP contribution is 2.30. The zero-order valence-corrected chi connectivity index (χ0v) is 25.8. The summed E-state index contributed by atoms with van der Waals surface area (Å²) in [5, 5.41) is 2.16. The Morgan fingerprint density at radius 2 is 0.500 bits per heavy atom. The zero-order chi connectivity index (χ0) is 40.9. The Hall–Kier alpha value is -5.28. The fourth-order valence-corrected chi connectivity index (χ4v) is 5.72. The molecule has 0 atom stereocenters. The van der Waals surface area contributed by atoms with Crippen molar-refractivity contribution in [1.82, 2.24) is 0 Å². The van der Waals surface area contributed by atoms with E-state index in [1.165, 1.54) is 5.56 Å². The standard InChI is InChI=1S/C24BF20.C8H11N/c26-5-1(6(27)14(35)21(42)13(5)34)25(2-7(28)15(36)22(43)16(37)8(2)29,3-9(30)17(38)23(44)18(39)10(3)31)4-11(32)19(40)24(45)20(41)12(4)33;1-9-7-8-5-3-2-4-6-8/h;2-6,9H,7H2,1H3/q-1;/p+1. The van der Waals surface area contributed by atoms with Crippen molar-refractivity contribution >= 4 is 28.0 Å².